The molecule has 1 aliphatic carbocycles. The van der Waals surface area contributed by atoms with Gasteiger partial charge in [-0.05, 0) is 36.8 Å². The molecule has 0 aromatic heterocycles. The maximum Gasteiger partial charge on any atom is 0.0210 e. The second kappa shape index (κ2) is 7.30. The third-order valence-corrected chi connectivity index (χ3v) is 4.45. The van der Waals surface area contributed by atoms with Gasteiger partial charge in [-0.3, -0.25) is 0 Å². The van der Waals surface area contributed by atoms with E-state index in [0.717, 1.165) is 12.6 Å². The largest absolute Gasteiger partial charge is 0.313 e. The molecule has 1 aromatic rings. The van der Waals surface area contributed by atoms with Gasteiger partial charge in [0.05, 0.1) is 0 Å². The summed E-state index contributed by atoms with van der Waals surface area (Å²) in [5.74, 6) is 0.660. The molecule has 0 heterocycles. The summed E-state index contributed by atoms with van der Waals surface area (Å²) in [5.41, 5.74) is 1.47. The monoisotopic (exact) mass is 309 g/mol. The third kappa shape index (κ3) is 4.40. The molecule has 1 N–H and O–H groups in total. The molecule has 1 aliphatic rings. The highest BCUT2D eigenvalue weighted by atomic mass is 79.9. The van der Waals surface area contributed by atoms with Crippen molar-refractivity contribution in [2.45, 2.75) is 57.4 Å². The highest BCUT2D eigenvalue weighted by Crippen LogP contribution is 2.29. The Morgan fingerprint density at radius 1 is 1.28 bits per heavy atom. The van der Waals surface area contributed by atoms with Crippen LogP contribution in [0.3, 0.4) is 0 Å². The fourth-order valence-electron chi connectivity index (χ4n) is 2.41. The van der Waals surface area contributed by atoms with E-state index in [1.807, 2.05) is 0 Å². The van der Waals surface area contributed by atoms with Gasteiger partial charge in [0.25, 0.3) is 0 Å². The molecule has 0 spiro atoms. The Labute approximate surface area is 119 Å². The summed E-state index contributed by atoms with van der Waals surface area (Å²) in [7, 11) is 0. The fourth-order valence-corrected chi connectivity index (χ4v) is 3.02. The zero-order valence-electron chi connectivity index (χ0n) is 11.3. The van der Waals surface area contributed by atoms with Gasteiger partial charge in [0.2, 0.25) is 0 Å². The smallest absolute Gasteiger partial charge is 0.0210 e. The van der Waals surface area contributed by atoms with Crippen molar-refractivity contribution in [2.24, 2.45) is 0 Å². The number of halogens is 1. The molecule has 2 heteroatoms. The number of unbranched alkanes of at least 4 members (excludes halogenated alkanes) is 2. The highest BCUT2D eigenvalue weighted by molar-refractivity contribution is 9.10. The Kier molecular flexibility index (Phi) is 5.71. The summed E-state index contributed by atoms with van der Waals surface area (Å²) < 4.78 is 1.27. The molecule has 0 radical (unpaired) electrons. The molecular formula is C16H24BrN. The summed E-state index contributed by atoms with van der Waals surface area (Å²) in [6, 6.07) is 9.50. The molecule has 1 fully saturated rings. The minimum absolute atomic E-state index is 0.660. The number of hydrogen-bond acceptors (Lipinski definition) is 1. The molecule has 100 valence electrons. The van der Waals surface area contributed by atoms with Crippen molar-refractivity contribution < 1.29 is 0 Å². The van der Waals surface area contributed by atoms with E-state index in [2.05, 4.69) is 52.4 Å². The Morgan fingerprint density at radius 2 is 2.06 bits per heavy atom. The quantitative estimate of drug-likeness (QED) is 0.676. The lowest BCUT2D eigenvalue weighted by Crippen LogP contribution is -2.23. The van der Waals surface area contributed by atoms with Gasteiger partial charge < -0.3 is 5.32 Å². The van der Waals surface area contributed by atoms with Crippen molar-refractivity contribution in [1.29, 1.82) is 0 Å². The van der Waals surface area contributed by atoms with E-state index in [4.69, 9.17) is 0 Å². The zero-order valence-corrected chi connectivity index (χ0v) is 12.9. The van der Waals surface area contributed by atoms with Crippen LogP contribution >= 0.6 is 15.9 Å². The highest BCUT2D eigenvalue weighted by Gasteiger charge is 2.22. The molecule has 0 saturated heterocycles. The molecular weight excluding hydrogens is 286 g/mol. The topological polar surface area (TPSA) is 12.0 Å². The molecule has 0 bridgehead atoms. The second-order valence-electron chi connectivity index (χ2n) is 5.40. The minimum atomic E-state index is 0.660. The van der Waals surface area contributed by atoms with Gasteiger partial charge in [0.15, 0.2) is 0 Å². The van der Waals surface area contributed by atoms with Crippen molar-refractivity contribution in [1.82, 2.24) is 5.32 Å². The van der Waals surface area contributed by atoms with E-state index in [9.17, 15) is 0 Å². The van der Waals surface area contributed by atoms with E-state index in [1.54, 1.807) is 0 Å². The molecule has 0 amide bonds. The molecule has 1 nitrogen and oxygen atoms in total. The minimum Gasteiger partial charge on any atom is -0.313 e. The van der Waals surface area contributed by atoms with Crippen LogP contribution in [0, 0.1) is 0 Å². The second-order valence-corrected chi connectivity index (χ2v) is 6.25. The number of hydrogen-bond donors (Lipinski definition) is 1. The summed E-state index contributed by atoms with van der Waals surface area (Å²) in [6.45, 7) is 3.41. The van der Waals surface area contributed by atoms with Gasteiger partial charge in [-0.25, -0.2) is 0 Å². The van der Waals surface area contributed by atoms with Crippen molar-refractivity contribution in [3.05, 3.63) is 34.3 Å². The molecule has 1 unspecified atom stereocenters. The molecule has 1 saturated carbocycles. The Balaban J connectivity index is 1.95. The Hall–Kier alpha value is -0.340. The van der Waals surface area contributed by atoms with E-state index in [1.165, 1.54) is 48.6 Å². The first-order valence-corrected chi connectivity index (χ1v) is 8.08. The van der Waals surface area contributed by atoms with E-state index < -0.39 is 0 Å². The molecule has 18 heavy (non-hydrogen) atoms. The standard InChI is InChI=1S/C16H24BrN/c1-2-3-4-7-13(12-18-14-10-11-14)15-8-5-6-9-16(15)17/h5-6,8-9,13-14,18H,2-4,7,10-12H2,1H3. The maximum absolute atomic E-state index is 3.70. The Morgan fingerprint density at radius 3 is 2.72 bits per heavy atom. The van der Waals surface area contributed by atoms with Crippen LogP contribution in [0.1, 0.15) is 56.9 Å². The van der Waals surface area contributed by atoms with Gasteiger partial charge in [0.1, 0.15) is 0 Å². The van der Waals surface area contributed by atoms with Crippen LogP contribution in [0.2, 0.25) is 0 Å². The zero-order chi connectivity index (χ0) is 12.8. The average molecular weight is 310 g/mol. The van der Waals surface area contributed by atoms with Crippen molar-refractivity contribution in [2.75, 3.05) is 6.54 Å². The van der Waals surface area contributed by atoms with Crippen LogP contribution in [-0.4, -0.2) is 12.6 Å². The van der Waals surface area contributed by atoms with Crippen LogP contribution in [-0.2, 0) is 0 Å². The van der Waals surface area contributed by atoms with Gasteiger partial charge in [-0.2, -0.15) is 0 Å². The number of nitrogens with one attached hydrogen (secondary N) is 1. The van der Waals surface area contributed by atoms with Crippen LogP contribution in [0.4, 0.5) is 0 Å². The van der Waals surface area contributed by atoms with E-state index in [-0.39, 0.29) is 0 Å². The number of rotatable bonds is 8. The average Bonchev–Trinajstić information content (AvgIpc) is 3.19. The molecule has 1 aromatic carbocycles. The summed E-state index contributed by atoms with van der Waals surface area (Å²) >= 11 is 3.70. The van der Waals surface area contributed by atoms with Crippen molar-refractivity contribution >= 4 is 15.9 Å². The SMILES string of the molecule is CCCCCC(CNC1CC1)c1ccccc1Br. The summed E-state index contributed by atoms with van der Waals surface area (Å²) in [4.78, 5) is 0. The van der Waals surface area contributed by atoms with E-state index in [0.29, 0.717) is 5.92 Å². The van der Waals surface area contributed by atoms with Crippen LogP contribution < -0.4 is 5.32 Å². The first-order chi connectivity index (χ1) is 8.81. The van der Waals surface area contributed by atoms with Crippen LogP contribution in [0.5, 0.6) is 0 Å². The fraction of sp³-hybridized carbons (Fsp3) is 0.625. The predicted octanol–water partition coefficient (Wildman–Crippen LogP) is 4.87. The van der Waals surface area contributed by atoms with Gasteiger partial charge in [-0.15, -0.1) is 0 Å². The lowest BCUT2D eigenvalue weighted by Gasteiger charge is -2.19. The molecule has 2 rings (SSSR count). The normalized spacial score (nSPS) is 16.8. The molecule has 1 atom stereocenters. The van der Waals surface area contributed by atoms with Crippen LogP contribution in [0.25, 0.3) is 0 Å². The predicted molar refractivity (Wildman–Crippen MR) is 82.0 cm³/mol. The lowest BCUT2D eigenvalue weighted by molar-refractivity contribution is 0.517. The van der Waals surface area contributed by atoms with Gasteiger partial charge in [0, 0.05) is 17.1 Å². The first kappa shape index (κ1) is 14.1. The Bertz CT molecular complexity index is 360. The van der Waals surface area contributed by atoms with Gasteiger partial charge in [-0.1, -0.05) is 60.3 Å². The van der Waals surface area contributed by atoms with Crippen LogP contribution in [0.15, 0.2) is 28.7 Å². The first-order valence-electron chi connectivity index (χ1n) is 7.29. The molecule has 0 aliphatic heterocycles. The van der Waals surface area contributed by atoms with E-state index >= 15 is 0 Å². The number of benzene rings is 1. The summed E-state index contributed by atoms with van der Waals surface area (Å²) in [5, 5.41) is 3.69. The van der Waals surface area contributed by atoms with Gasteiger partial charge >= 0.3 is 0 Å². The van der Waals surface area contributed by atoms with Crippen molar-refractivity contribution in [3.8, 4) is 0 Å². The maximum atomic E-state index is 3.70. The van der Waals surface area contributed by atoms with Crippen molar-refractivity contribution in [3.63, 3.8) is 0 Å². The summed E-state index contributed by atoms with van der Waals surface area (Å²) in [6.07, 6.45) is 8.05. The third-order valence-electron chi connectivity index (χ3n) is 3.73. The lowest BCUT2D eigenvalue weighted by atomic mass is 9.93.